The fourth-order valence-electron chi connectivity index (χ4n) is 4.62. The number of hydrogen-bond acceptors (Lipinski definition) is 6. The van der Waals surface area contributed by atoms with E-state index in [4.69, 9.17) is 10.2 Å². The van der Waals surface area contributed by atoms with Crippen molar-refractivity contribution in [2.45, 2.75) is 19.3 Å². The quantitative estimate of drug-likeness (QED) is 0.198. The van der Waals surface area contributed by atoms with Crippen molar-refractivity contribution in [3.63, 3.8) is 0 Å². The maximum atomic E-state index is 14.2. The van der Waals surface area contributed by atoms with Gasteiger partial charge in [0, 0.05) is 17.4 Å². The maximum absolute atomic E-state index is 14.2. The number of benzene rings is 3. The standard InChI is InChI=1S/C31H23F4N3O3/c1-17(19-7-6-10-22(16-19)41-31(33,34)35)26-24(13-14-37-30(26)36)38-18(2)29-27(20-8-5-9-21(32)15-20)28(39)23-11-3-4-12-25(23)40-29/h3-16,18H,1H2,2H3,(H3,36,37,38). The van der Waals surface area contributed by atoms with Gasteiger partial charge >= 0.3 is 6.36 Å². The number of halogens is 4. The van der Waals surface area contributed by atoms with Gasteiger partial charge in [-0.3, -0.25) is 4.79 Å². The van der Waals surface area contributed by atoms with Crippen molar-refractivity contribution in [3.8, 4) is 16.9 Å². The third-order valence-electron chi connectivity index (χ3n) is 6.40. The number of nitrogens with zero attached hydrogens (tertiary/aromatic N) is 1. The van der Waals surface area contributed by atoms with Gasteiger partial charge in [-0.15, -0.1) is 13.2 Å². The number of ether oxygens (including phenoxy) is 1. The summed E-state index contributed by atoms with van der Waals surface area (Å²) < 4.78 is 62.8. The Morgan fingerprint density at radius 3 is 2.56 bits per heavy atom. The highest BCUT2D eigenvalue weighted by molar-refractivity contribution is 5.90. The minimum atomic E-state index is -4.86. The van der Waals surface area contributed by atoms with Crippen LogP contribution < -0.4 is 21.2 Å². The zero-order chi connectivity index (χ0) is 29.3. The van der Waals surface area contributed by atoms with Crippen LogP contribution in [0.2, 0.25) is 0 Å². The molecule has 0 saturated heterocycles. The van der Waals surface area contributed by atoms with E-state index in [-0.39, 0.29) is 28.1 Å². The number of anilines is 2. The Bertz CT molecular complexity index is 1830. The van der Waals surface area contributed by atoms with Gasteiger partial charge in [0.05, 0.1) is 17.0 Å². The molecule has 0 amide bonds. The molecule has 3 N–H and O–H groups in total. The number of alkyl halides is 3. The molecular weight excluding hydrogens is 538 g/mol. The number of hydrogen-bond donors (Lipinski definition) is 2. The fraction of sp³-hybridized carbons (Fsp3) is 0.0968. The summed E-state index contributed by atoms with van der Waals surface area (Å²) >= 11 is 0. The van der Waals surface area contributed by atoms with Crippen molar-refractivity contribution >= 4 is 28.0 Å². The van der Waals surface area contributed by atoms with Crippen LogP contribution in [-0.2, 0) is 0 Å². The molecule has 1 unspecified atom stereocenters. The van der Waals surface area contributed by atoms with Crippen molar-refractivity contribution in [2.75, 3.05) is 11.1 Å². The smallest absolute Gasteiger partial charge is 0.458 e. The Morgan fingerprint density at radius 2 is 1.80 bits per heavy atom. The first-order valence-corrected chi connectivity index (χ1v) is 12.4. The van der Waals surface area contributed by atoms with E-state index in [1.54, 1.807) is 49.4 Å². The highest BCUT2D eigenvalue weighted by Crippen LogP contribution is 2.37. The van der Waals surface area contributed by atoms with Crippen LogP contribution in [-0.4, -0.2) is 11.3 Å². The number of pyridine rings is 1. The van der Waals surface area contributed by atoms with Gasteiger partial charge in [-0.1, -0.05) is 43.0 Å². The first-order chi connectivity index (χ1) is 19.5. The normalized spacial score (nSPS) is 12.2. The molecule has 0 fully saturated rings. The molecule has 208 valence electrons. The summed E-state index contributed by atoms with van der Waals surface area (Å²) in [5.41, 5.74) is 8.11. The number of nitrogens with one attached hydrogen (secondary N) is 1. The topological polar surface area (TPSA) is 90.4 Å². The van der Waals surface area contributed by atoms with E-state index in [2.05, 4.69) is 21.6 Å². The molecule has 0 bridgehead atoms. The number of rotatable bonds is 7. The zero-order valence-corrected chi connectivity index (χ0v) is 21.6. The zero-order valence-electron chi connectivity index (χ0n) is 21.6. The summed E-state index contributed by atoms with van der Waals surface area (Å²) in [5, 5.41) is 3.61. The number of nitrogens with two attached hydrogens (primary N) is 1. The third-order valence-corrected chi connectivity index (χ3v) is 6.40. The molecule has 3 aromatic carbocycles. The average molecular weight is 562 g/mol. The highest BCUT2D eigenvalue weighted by Gasteiger charge is 2.31. The van der Waals surface area contributed by atoms with Gasteiger partial charge in [-0.05, 0) is 66.1 Å². The monoisotopic (exact) mass is 561 g/mol. The Hall–Kier alpha value is -5.12. The number of para-hydroxylation sites is 1. The van der Waals surface area contributed by atoms with E-state index in [1.807, 2.05) is 0 Å². The summed E-state index contributed by atoms with van der Waals surface area (Å²) in [6, 6.07) is 18.7. The molecule has 41 heavy (non-hydrogen) atoms. The Balaban J connectivity index is 1.58. The third kappa shape index (κ3) is 5.76. The predicted molar refractivity (Wildman–Crippen MR) is 150 cm³/mol. The lowest BCUT2D eigenvalue weighted by Gasteiger charge is -2.22. The molecule has 0 aliphatic rings. The molecule has 0 aliphatic heterocycles. The Labute approximate surface area is 231 Å². The SMILES string of the molecule is C=C(c1cccc(OC(F)(F)F)c1)c1c(NC(C)c2oc3ccccc3c(=O)c2-c2cccc(F)c2)ccnc1N. The van der Waals surface area contributed by atoms with E-state index in [9.17, 15) is 22.4 Å². The number of fused-ring (bicyclic) bond motifs is 1. The minimum absolute atomic E-state index is 0.0691. The molecule has 2 heterocycles. The van der Waals surface area contributed by atoms with Crippen LogP contribution in [0.4, 0.5) is 29.1 Å². The van der Waals surface area contributed by atoms with Crippen molar-refractivity contribution in [1.82, 2.24) is 4.98 Å². The lowest BCUT2D eigenvalue weighted by Crippen LogP contribution is -2.17. The van der Waals surface area contributed by atoms with Gasteiger partial charge in [0.2, 0.25) is 5.43 Å². The van der Waals surface area contributed by atoms with E-state index in [0.29, 0.717) is 33.3 Å². The van der Waals surface area contributed by atoms with E-state index in [1.165, 1.54) is 42.6 Å². The average Bonchev–Trinajstić information content (AvgIpc) is 2.92. The second kappa shape index (κ2) is 10.8. The fourth-order valence-corrected chi connectivity index (χ4v) is 4.62. The van der Waals surface area contributed by atoms with Crippen LogP contribution in [0.5, 0.6) is 5.75 Å². The van der Waals surface area contributed by atoms with Crippen molar-refractivity contribution in [1.29, 1.82) is 0 Å². The van der Waals surface area contributed by atoms with Crippen LogP contribution >= 0.6 is 0 Å². The van der Waals surface area contributed by atoms with Crippen molar-refractivity contribution < 1.29 is 26.7 Å². The molecule has 0 radical (unpaired) electrons. The molecule has 10 heteroatoms. The Morgan fingerprint density at radius 1 is 1.05 bits per heavy atom. The van der Waals surface area contributed by atoms with Gasteiger partial charge in [-0.25, -0.2) is 9.37 Å². The molecule has 0 saturated carbocycles. The van der Waals surface area contributed by atoms with E-state index in [0.717, 1.165) is 0 Å². The molecule has 5 rings (SSSR count). The lowest BCUT2D eigenvalue weighted by molar-refractivity contribution is -0.274. The first-order valence-electron chi connectivity index (χ1n) is 12.4. The largest absolute Gasteiger partial charge is 0.573 e. The van der Waals surface area contributed by atoms with Crippen LogP contribution in [0, 0.1) is 5.82 Å². The van der Waals surface area contributed by atoms with Gasteiger partial charge in [0.25, 0.3) is 0 Å². The summed E-state index contributed by atoms with van der Waals surface area (Å²) in [5.74, 6) is -0.621. The summed E-state index contributed by atoms with van der Waals surface area (Å²) in [7, 11) is 0. The maximum Gasteiger partial charge on any atom is 0.573 e. The molecule has 6 nitrogen and oxygen atoms in total. The van der Waals surface area contributed by atoms with Crippen LogP contribution in [0.3, 0.4) is 0 Å². The summed E-state index contributed by atoms with van der Waals surface area (Å²) in [4.78, 5) is 17.7. The van der Waals surface area contributed by atoms with Crippen LogP contribution in [0.1, 0.15) is 29.9 Å². The molecule has 1 atom stereocenters. The summed E-state index contributed by atoms with van der Waals surface area (Å²) in [6.45, 7) is 5.80. The van der Waals surface area contributed by atoms with Gasteiger partial charge in [-0.2, -0.15) is 0 Å². The second-order valence-electron chi connectivity index (χ2n) is 9.22. The lowest BCUT2D eigenvalue weighted by atomic mass is 9.96. The number of aromatic nitrogens is 1. The first kappa shape index (κ1) is 27.4. The molecule has 0 spiro atoms. The Kier molecular flexibility index (Phi) is 7.23. The molecular formula is C31H23F4N3O3. The predicted octanol–water partition coefficient (Wildman–Crippen LogP) is 7.71. The van der Waals surface area contributed by atoms with Gasteiger partial charge in [0.1, 0.15) is 28.7 Å². The summed E-state index contributed by atoms with van der Waals surface area (Å²) in [6.07, 6.45) is -3.41. The van der Waals surface area contributed by atoms with E-state index >= 15 is 0 Å². The van der Waals surface area contributed by atoms with Crippen LogP contribution in [0.15, 0.2) is 101 Å². The molecule has 5 aromatic rings. The molecule has 2 aromatic heterocycles. The van der Waals surface area contributed by atoms with Crippen molar-refractivity contribution in [3.05, 3.63) is 125 Å². The van der Waals surface area contributed by atoms with Gasteiger partial charge < -0.3 is 20.2 Å². The van der Waals surface area contributed by atoms with Crippen molar-refractivity contribution in [2.24, 2.45) is 0 Å². The molecule has 0 aliphatic carbocycles. The number of nitrogen functional groups attached to an aromatic ring is 1. The second-order valence-corrected chi connectivity index (χ2v) is 9.22. The minimum Gasteiger partial charge on any atom is -0.458 e. The van der Waals surface area contributed by atoms with Crippen LogP contribution in [0.25, 0.3) is 27.7 Å². The highest BCUT2D eigenvalue weighted by atomic mass is 19.4. The van der Waals surface area contributed by atoms with Gasteiger partial charge in [0.15, 0.2) is 0 Å². The van der Waals surface area contributed by atoms with E-state index < -0.39 is 24.0 Å².